The Balaban J connectivity index is 0.00000512. The Labute approximate surface area is 209 Å². The SMILES string of the molecule is COc1ccc(NC(N)=NCCCCCC(=O)N2CCN(C(=O)CC(C)C)CC2)cc1.I. The van der Waals surface area contributed by atoms with Gasteiger partial charge in [-0.05, 0) is 43.0 Å². The van der Waals surface area contributed by atoms with Crippen LogP contribution < -0.4 is 15.8 Å². The maximum absolute atomic E-state index is 12.4. The van der Waals surface area contributed by atoms with Gasteiger partial charge in [0.05, 0.1) is 7.11 Å². The third-order valence-electron chi connectivity index (χ3n) is 5.26. The molecular formula is C23H38IN5O3. The summed E-state index contributed by atoms with van der Waals surface area (Å²) in [6.07, 6.45) is 3.78. The highest BCUT2D eigenvalue weighted by Crippen LogP contribution is 2.15. The molecule has 3 N–H and O–H groups in total. The van der Waals surface area contributed by atoms with Crippen LogP contribution in [0.2, 0.25) is 0 Å². The first-order chi connectivity index (χ1) is 14.9. The standard InChI is InChI=1S/C23H37N5O3.HI/c1-18(2)17-22(30)28-15-13-27(14-16-28)21(29)7-5-4-6-12-25-23(24)26-19-8-10-20(31-3)11-9-19;/h8-11,18H,4-7,12-17H2,1-3H3,(H3,24,25,26);1H. The fraction of sp³-hybridized carbons (Fsp3) is 0.609. The largest absolute Gasteiger partial charge is 0.497 e. The number of nitrogens with two attached hydrogens (primary N) is 1. The van der Waals surface area contributed by atoms with Crippen LogP contribution in [0, 0.1) is 5.92 Å². The van der Waals surface area contributed by atoms with E-state index in [4.69, 9.17) is 10.5 Å². The lowest BCUT2D eigenvalue weighted by Gasteiger charge is -2.35. The summed E-state index contributed by atoms with van der Waals surface area (Å²) in [7, 11) is 1.63. The number of unbranched alkanes of at least 4 members (excludes halogenated alkanes) is 2. The number of nitrogens with one attached hydrogen (secondary N) is 1. The molecule has 9 heteroatoms. The van der Waals surface area contributed by atoms with Crippen LogP contribution in [0.1, 0.15) is 46.0 Å². The molecule has 0 saturated carbocycles. The van der Waals surface area contributed by atoms with Crippen molar-refractivity contribution in [3.05, 3.63) is 24.3 Å². The summed E-state index contributed by atoms with van der Waals surface area (Å²) in [5, 5.41) is 3.05. The molecule has 0 atom stereocenters. The number of halogens is 1. The molecule has 180 valence electrons. The molecule has 0 aromatic heterocycles. The second kappa shape index (κ2) is 14.9. The van der Waals surface area contributed by atoms with Crippen molar-refractivity contribution in [1.82, 2.24) is 9.80 Å². The average molecular weight is 559 g/mol. The number of carbonyl (C=O) groups excluding carboxylic acids is 2. The molecular weight excluding hydrogens is 521 g/mol. The first-order valence-electron chi connectivity index (χ1n) is 11.2. The van der Waals surface area contributed by atoms with Crippen molar-refractivity contribution in [2.24, 2.45) is 16.6 Å². The molecule has 1 aliphatic rings. The molecule has 32 heavy (non-hydrogen) atoms. The van der Waals surface area contributed by atoms with Crippen molar-refractivity contribution in [3.8, 4) is 5.75 Å². The Morgan fingerprint density at radius 3 is 2.19 bits per heavy atom. The van der Waals surface area contributed by atoms with Gasteiger partial charge < -0.3 is 25.6 Å². The van der Waals surface area contributed by atoms with Crippen molar-refractivity contribution in [2.75, 3.05) is 45.2 Å². The number of hydrogen-bond donors (Lipinski definition) is 2. The van der Waals surface area contributed by atoms with Gasteiger partial charge in [0.1, 0.15) is 5.75 Å². The molecule has 0 unspecified atom stereocenters. The number of aliphatic imine (C=N–C) groups is 1. The van der Waals surface area contributed by atoms with Gasteiger partial charge in [-0.3, -0.25) is 14.6 Å². The number of carbonyl (C=O) groups is 2. The van der Waals surface area contributed by atoms with Crippen LogP contribution in [-0.4, -0.2) is 67.4 Å². The normalized spacial score (nSPS) is 14.2. The van der Waals surface area contributed by atoms with Crippen LogP contribution >= 0.6 is 24.0 Å². The molecule has 0 aliphatic carbocycles. The van der Waals surface area contributed by atoms with Gasteiger partial charge in [-0.1, -0.05) is 20.3 Å². The minimum Gasteiger partial charge on any atom is -0.497 e. The van der Waals surface area contributed by atoms with E-state index in [2.05, 4.69) is 24.2 Å². The minimum absolute atomic E-state index is 0. The number of anilines is 1. The predicted molar refractivity (Wildman–Crippen MR) is 140 cm³/mol. The maximum atomic E-state index is 12.4. The molecule has 0 spiro atoms. The quantitative estimate of drug-likeness (QED) is 0.198. The van der Waals surface area contributed by atoms with Crippen molar-refractivity contribution < 1.29 is 14.3 Å². The van der Waals surface area contributed by atoms with E-state index >= 15 is 0 Å². The molecule has 1 saturated heterocycles. The van der Waals surface area contributed by atoms with Crippen LogP contribution in [-0.2, 0) is 9.59 Å². The summed E-state index contributed by atoms with van der Waals surface area (Å²) >= 11 is 0. The van der Waals surface area contributed by atoms with Gasteiger partial charge in [-0.2, -0.15) is 0 Å². The number of guanidine groups is 1. The van der Waals surface area contributed by atoms with Crippen molar-refractivity contribution in [3.63, 3.8) is 0 Å². The van der Waals surface area contributed by atoms with E-state index < -0.39 is 0 Å². The highest BCUT2D eigenvalue weighted by molar-refractivity contribution is 14.0. The second-order valence-electron chi connectivity index (χ2n) is 8.29. The zero-order valence-electron chi connectivity index (χ0n) is 19.5. The first kappa shape index (κ1) is 28.0. The van der Waals surface area contributed by atoms with Crippen LogP contribution in [0.4, 0.5) is 5.69 Å². The van der Waals surface area contributed by atoms with Crippen molar-refractivity contribution in [1.29, 1.82) is 0 Å². The van der Waals surface area contributed by atoms with E-state index in [0.29, 0.717) is 57.4 Å². The molecule has 8 nitrogen and oxygen atoms in total. The Morgan fingerprint density at radius 2 is 1.62 bits per heavy atom. The van der Waals surface area contributed by atoms with E-state index in [-0.39, 0.29) is 35.8 Å². The first-order valence-corrected chi connectivity index (χ1v) is 11.2. The number of ether oxygens (including phenoxy) is 1. The van der Waals surface area contributed by atoms with Crippen LogP contribution in [0.5, 0.6) is 5.75 Å². The fourth-order valence-electron chi connectivity index (χ4n) is 3.47. The smallest absolute Gasteiger partial charge is 0.222 e. The van der Waals surface area contributed by atoms with Crippen LogP contribution in [0.15, 0.2) is 29.3 Å². The van der Waals surface area contributed by atoms with Gasteiger partial charge in [0.25, 0.3) is 0 Å². The predicted octanol–water partition coefficient (Wildman–Crippen LogP) is 3.32. The topological polar surface area (TPSA) is 100 Å². The van der Waals surface area contributed by atoms with E-state index in [0.717, 1.165) is 30.7 Å². The van der Waals surface area contributed by atoms with Crippen molar-refractivity contribution in [2.45, 2.75) is 46.0 Å². The molecule has 2 rings (SSSR count). The lowest BCUT2D eigenvalue weighted by atomic mass is 10.1. The third-order valence-corrected chi connectivity index (χ3v) is 5.26. The average Bonchev–Trinajstić information content (AvgIpc) is 2.76. The zero-order chi connectivity index (χ0) is 22.6. The summed E-state index contributed by atoms with van der Waals surface area (Å²) in [4.78, 5) is 32.6. The monoisotopic (exact) mass is 559 g/mol. The lowest BCUT2D eigenvalue weighted by molar-refractivity contribution is -0.140. The Hall–Kier alpha value is -2.04. The summed E-state index contributed by atoms with van der Waals surface area (Å²) in [6, 6.07) is 7.48. The second-order valence-corrected chi connectivity index (χ2v) is 8.29. The Kier molecular flexibility index (Phi) is 13.0. The van der Waals surface area contributed by atoms with E-state index in [1.54, 1.807) is 7.11 Å². The number of hydrogen-bond acceptors (Lipinski definition) is 4. The highest BCUT2D eigenvalue weighted by Gasteiger charge is 2.23. The van der Waals surface area contributed by atoms with Gasteiger partial charge in [-0.15, -0.1) is 24.0 Å². The zero-order valence-corrected chi connectivity index (χ0v) is 21.8. The van der Waals surface area contributed by atoms with E-state index in [1.807, 2.05) is 34.1 Å². The number of benzene rings is 1. The van der Waals surface area contributed by atoms with Crippen LogP contribution in [0.3, 0.4) is 0 Å². The fourth-order valence-corrected chi connectivity index (χ4v) is 3.47. The molecule has 1 aromatic carbocycles. The molecule has 1 fully saturated rings. The number of rotatable bonds is 10. The van der Waals surface area contributed by atoms with Crippen LogP contribution in [0.25, 0.3) is 0 Å². The van der Waals surface area contributed by atoms with Gasteiger partial charge in [0, 0.05) is 51.3 Å². The summed E-state index contributed by atoms with van der Waals surface area (Å²) in [5.41, 5.74) is 6.77. The number of nitrogens with zero attached hydrogens (tertiary/aromatic N) is 3. The van der Waals surface area contributed by atoms with Gasteiger partial charge in [0.15, 0.2) is 5.96 Å². The number of amides is 2. The lowest BCUT2D eigenvalue weighted by Crippen LogP contribution is -2.50. The molecule has 0 radical (unpaired) electrons. The maximum Gasteiger partial charge on any atom is 0.222 e. The Bertz CT molecular complexity index is 732. The minimum atomic E-state index is 0. The third kappa shape index (κ3) is 10.1. The van der Waals surface area contributed by atoms with E-state index in [1.165, 1.54) is 0 Å². The molecule has 1 aliphatic heterocycles. The molecule has 0 bridgehead atoms. The van der Waals surface area contributed by atoms with E-state index in [9.17, 15) is 9.59 Å². The summed E-state index contributed by atoms with van der Waals surface area (Å²) < 4.78 is 5.13. The highest BCUT2D eigenvalue weighted by atomic mass is 127. The number of piperazine rings is 1. The van der Waals surface area contributed by atoms with Gasteiger partial charge >= 0.3 is 0 Å². The summed E-state index contributed by atoms with van der Waals surface area (Å²) in [5.74, 6) is 1.91. The summed E-state index contributed by atoms with van der Waals surface area (Å²) in [6.45, 7) is 7.29. The molecule has 2 amide bonds. The Morgan fingerprint density at radius 1 is 1.03 bits per heavy atom. The van der Waals surface area contributed by atoms with Crippen molar-refractivity contribution >= 4 is 47.4 Å². The van der Waals surface area contributed by atoms with Gasteiger partial charge in [-0.25, -0.2) is 0 Å². The van der Waals surface area contributed by atoms with Gasteiger partial charge in [0.2, 0.25) is 11.8 Å². The molecule has 1 heterocycles. The number of methoxy groups -OCH3 is 1. The molecule has 1 aromatic rings.